The Balaban J connectivity index is 2.55. The SMILES string of the molecule is COC(OC)C(=O)CC1CCCN(S(C)(=O)=O)C1. The number of nitrogens with zero attached hydrogens (tertiary/aromatic N) is 1. The molecule has 0 spiro atoms. The highest BCUT2D eigenvalue weighted by Crippen LogP contribution is 2.22. The molecule has 0 amide bonds. The fourth-order valence-electron chi connectivity index (χ4n) is 2.23. The highest BCUT2D eigenvalue weighted by atomic mass is 32.2. The Morgan fingerprint density at radius 2 is 2.00 bits per heavy atom. The second kappa shape index (κ2) is 6.60. The van der Waals surface area contributed by atoms with Crippen LogP contribution in [0, 0.1) is 5.92 Å². The van der Waals surface area contributed by atoms with Gasteiger partial charge in [-0.2, -0.15) is 0 Å². The topological polar surface area (TPSA) is 72.9 Å². The van der Waals surface area contributed by atoms with Crippen LogP contribution in [0.2, 0.25) is 0 Å². The third-order valence-corrected chi connectivity index (χ3v) is 4.40. The van der Waals surface area contributed by atoms with Gasteiger partial charge in [0.15, 0.2) is 5.78 Å². The Morgan fingerprint density at radius 3 is 2.50 bits per heavy atom. The zero-order valence-electron chi connectivity index (χ0n) is 11.1. The molecule has 1 heterocycles. The van der Waals surface area contributed by atoms with Gasteiger partial charge in [0.25, 0.3) is 0 Å². The largest absolute Gasteiger partial charge is 0.349 e. The lowest BCUT2D eigenvalue weighted by Gasteiger charge is -2.31. The molecule has 0 aromatic carbocycles. The number of ether oxygens (including phenoxy) is 2. The predicted octanol–water partition coefficient (Wildman–Crippen LogP) is 0.236. The highest BCUT2D eigenvalue weighted by molar-refractivity contribution is 7.88. The summed E-state index contributed by atoms with van der Waals surface area (Å²) < 4.78 is 34.1. The first kappa shape index (κ1) is 15.6. The molecule has 0 aliphatic carbocycles. The van der Waals surface area contributed by atoms with Crippen molar-refractivity contribution in [1.82, 2.24) is 4.31 Å². The monoisotopic (exact) mass is 279 g/mol. The molecule has 1 fully saturated rings. The lowest BCUT2D eigenvalue weighted by molar-refractivity contribution is -0.157. The molecule has 0 aromatic heterocycles. The van der Waals surface area contributed by atoms with Crippen LogP contribution in [0.4, 0.5) is 0 Å². The maximum atomic E-state index is 11.8. The molecular formula is C11H21NO5S. The van der Waals surface area contributed by atoms with Crippen LogP contribution >= 0.6 is 0 Å². The van der Waals surface area contributed by atoms with Gasteiger partial charge in [-0.3, -0.25) is 4.79 Å². The van der Waals surface area contributed by atoms with E-state index in [1.807, 2.05) is 0 Å². The maximum Gasteiger partial charge on any atom is 0.217 e. The Morgan fingerprint density at radius 1 is 1.39 bits per heavy atom. The van der Waals surface area contributed by atoms with Crippen LogP contribution in [-0.4, -0.2) is 58.4 Å². The number of ketones is 1. The molecule has 0 bridgehead atoms. The molecule has 1 unspecified atom stereocenters. The molecule has 0 saturated carbocycles. The van der Waals surface area contributed by atoms with E-state index in [-0.39, 0.29) is 11.7 Å². The molecular weight excluding hydrogens is 258 g/mol. The van der Waals surface area contributed by atoms with Crippen molar-refractivity contribution in [3.05, 3.63) is 0 Å². The quantitative estimate of drug-likeness (QED) is 0.651. The van der Waals surface area contributed by atoms with E-state index >= 15 is 0 Å². The zero-order valence-corrected chi connectivity index (χ0v) is 11.9. The number of carbonyl (C=O) groups excluding carboxylic acids is 1. The third-order valence-electron chi connectivity index (χ3n) is 3.13. The summed E-state index contributed by atoms with van der Waals surface area (Å²) >= 11 is 0. The first-order valence-corrected chi connectivity index (χ1v) is 7.76. The molecule has 1 rings (SSSR count). The van der Waals surface area contributed by atoms with Crippen molar-refractivity contribution < 1.29 is 22.7 Å². The van der Waals surface area contributed by atoms with Crippen LogP contribution < -0.4 is 0 Å². The fourth-order valence-corrected chi connectivity index (χ4v) is 3.18. The number of carbonyl (C=O) groups is 1. The van der Waals surface area contributed by atoms with Gasteiger partial charge < -0.3 is 9.47 Å². The average molecular weight is 279 g/mol. The smallest absolute Gasteiger partial charge is 0.217 e. The summed E-state index contributed by atoms with van der Waals surface area (Å²) in [5.41, 5.74) is 0. The van der Waals surface area contributed by atoms with Crippen molar-refractivity contribution in [2.45, 2.75) is 25.6 Å². The Labute approximate surface area is 108 Å². The van der Waals surface area contributed by atoms with Gasteiger partial charge in [-0.25, -0.2) is 12.7 Å². The molecule has 1 aliphatic rings. The number of hydrogen-bond acceptors (Lipinski definition) is 5. The molecule has 1 aliphatic heterocycles. The summed E-state index contributed by atoms with van der Waals surface area (Å²) in [6.07, 6.45) is 2.29. The minimum atomic E-state index is -3.17. The minimum Gasteiger partial charge on any atom is -0.349 e. The van der Waals surface area contributed by atoms with Gasteiger partial charge in [0.1, 0.15) is 0 Å². The van der Waals surface area contributed by atoms with Crippen LogP contribution in [0.15, 0.2) is 0 Å². The van der Waals surface area contributed by atoms with E-state index < -0.39 is 16.3 Å². The van der Waals surface area contributed by atoms with E-state index in [0.717, 1.165) is 12.8 Å². The number of sulfonamides is 1. The number of piperidine rings is 1. The number of hydrogen-bond donors (Lipinski definition) is 0. The summed E-state index contributed by atoms with van der Waals surface area (Å²) in [6, 6.07) is 0. The standard InChI is InChI=1S/C11H21NO5S/c1-16-11(17-2)10(13)7-9-5-4-6-12(8-9)18(3,14)15/h9,11H,4-8H2,1-3H3. The van der Waals surface area contributed by atoms with Gasteiger partial charge in [0, 0.05) is 33.7 Å². The van der Waals surface area contributed by atoms with Crippen LogP contribution in [0.3, 0.4) is 0 Å². The first-order valence-electron chi connectivity index (χ1n) is 5.92. The predicted molar refractivity (Wildman–Crippen MR) is 66.6 cm³/mol. The van der Waals surface area contributed by atoms with Gasteiger partial charge in [-0.15, -0.1) is 0 Å². The molecule has 0 radical (unpaired) electrons. The summed E-state index contributed by atoms with van der Waals surface area (Å²) in [6.45, 7) is 0.951. The van der Waals surface area contributed by atoms with Crippen molar-refractivity contribution in [3.8, 4) is 0 Å². The van der Waals surface area contributed by atoms with Gasteiger partial charge in [0.2, 0.25) is 16.3 Å². The average Bonchev–Trinajstić information content (AvgIpc) is 2.29. The second-order valence-corrected chi connectivity index (χ2v) is 6.59. The maximum absolute atomic E-state index is 11.8. The first-order chi connectivity index (χ1) is 8.38. The van der Waals surface area contributed by atoms with Gasteiger partial charge >= 0.3 is 0 Å². The van der Waals surface area contributed by atoms with E-state index in [2.05, 4.69) is 0 Å². The summed E-state index contributed by atoms with van der Waals surface area (Å²) in [4.78, 5) is 11.8. The molecule has 7 heteroatoms. The summed E-state index contributed by atoms with van der Waals surface area (Å²) in [7, 11) is -0.342. The molecule has 6 nitrogen and oxygen atoms in total. The van der Waals surface area contributed by atoms with Crippen LogP contribution in [0.5, 0.6) is 0 Å². The molecule has 1 atom stereocenters. The lowest BCUT2D eigenvalue weighted by atomic mass is 9.94. The van der Waals surface area contributed by atoms with E-state index in [0.29, 0.717) is 19.5 Å². The Hall–Kier alpha value is -0.500. The third kappa shape index (κ3) is 4.31. The Kier molecular flexibility index (Phi) is 5.71. The van der Waals surface area contributed by atoms with Gasteiger partial charge in [-0.05, 0) is 18.8 Å². The highest BCUT2D eigenvalue weighted by Gasteiger charge is 2.29. The van der Waals surface area contributed by atoms with E-state index in [4.69, 9.17) is 9.47 Å². The minimum absolute atomic E-state index is 0.0498. The van der Waals surface area contributed by atoms with Crippen molar-refractivity contribution in [1.29, 1.82) is 0 Å². The van der Waals surface area contributed by atoms with E-state index in [9.17, 15) is 13.2 Å². The van der Waals surface area contributed by atoms with Crippen molar-refractivity contribution in [3.63, 3.8) is 0 Å². The van der Waals surface area contributed by atoms with Crippen LogP contribution in [-0.2, 0) is 24.3 Å². The van der Waals surface area contributed by atoms with Crippen molar-refractivity contribution >= 4 is 15.8 Å². The number of rotatable bonds is 6. The van der Waals surface area contributed by atoms with Crippen molar-refractivity contribution in [2.75, 3.05) is 33.6 Å². The van der Waals surface area contributed by atoms with Crippen molar-refractivity contribution in [2.24, 2.45) is 5.92 Å². The zero-order chi connectivity index (χ0) is 13.8. The van der Waals surface area contributed by atoms with Crippen LogP contribution in [0.1, 0.15) is 19.3 Å². The van der Waals surface area contributed by atoms with E-state index in [1.54, 1.807) is 0 Å². The second-order valence-electron chi connectivity index (χ2n) is 4.60. The fraction of sp³-hybridized carbons (Fsp3) is 0.909. The summed E-state index contributed by atoms with van der Waals surface area (Å²) in [5.74, 6) is -0.0888. The normalized spacial score (nSPS) is 22.3. The van der Waals surface area contributed by atoms with Crippen LogP contribution in [0.25, 0.3) is 0 Å². The van der Waals surface area contributed by atoms with Gasteiger partial charge in [-0.1, -0.05) is 0 Å². The van der Waals surface area contributed by atoms with E-state index in [1.165, 1.54) is 24.8 Å². The molecule has 18 heavy (non-hydrogen) atoms. The number of methoxy groups -OCH3 is 2. The molecule has 0 N–H and O–H groups in total. The molecule has 0 aromatic rings. The Bertz CT molecular complexity index is 377. The number of Topliss-reactive ketones (excluding diaryl/α,β-unsaturated/α-hetero) is 1. The molecule has 106 valence electrons. The van der Waals surface area contributed by atoms with Gasteiger partial charge in [0.05, 0.1) is 6.26 Å². The molecule has 1 saturated heterocycles. The lowest BCUT2D eigenvalue weighted by Crippen LogP contribution is -2.40. The summed E-state index contributed by atoms with van der Waals surface area (Å²) in [5, 5.41) is 0.